The number of aryl methyl sites for hydroxylation is 1. The molecule has 0 unspecified atom stereocenters. The fourth-order valence-electron chi connectivity index (χ4n) is 1.12. The zero-order valence-electron chi connectivity index (χ0n) is 7.76. The van der Waals surface area contributed by atoms with E-state index in [1.54, 1.807) is 12.1 Å². The Morgan fingerprint density at radius 2 is 2.15 bits per heavy atom. The van der Waals surface area contributed by atoms with Gasteiger partial charge in [-0.2, -0.15) is 0 Å². The van der Waals surface area contributed by atoms with Crippen LogP contribution in [-0.2, 0) is 4.74 Å². The zero-order chi connectivity index (χ0) is 9.84. The molecule has 0 bridgehead atoms. The summed E-state index contributed by atoms with van der Waals surface area (Å²) in [5.74, 6) is -0.333. The Labute approximate surface area is 77.8 Å². The van der Waals surface area contributed by atoms with Gasteiger partial charge in [0, 0.05) is 0 Å². The first-order valence-corrected chi connectivity index (χ1v) is 3.90. The SMILES string of the molecule is C=[C]c1cc(C)cc(C(=O)OC)c1. The molecule has 1 aromatic carbocycles. The van der Waals surface area contributed by atoms with E-state index in [9.17, 15) is 4.79 Å². The number of hydrogen-bond donors (Lipinski definition) is 0. The van der Waals surface area contributed by atoms with Gasteiger partial charge in [0.15, 0.2) is 0 Å². The molecular weight excluding hydrogens is 164 g/mol. The minimum atomic E-state index is -0.333. The van der Waals surface area contributed by atoms with Gasteiger partial charge in [0.2, 0.25) is 0 Å². The Morgan fingerprint density at radius 3 is 2.69 bits per heavy atom. The van der Waals surface area contributed by atoms with Crippen LogP contribution in [0.5, 0.6) is 0 Å². The summed E-state index contributed by atoms with van der Waals surface area (Å²) < 4.78 is 4.60. The minimum Gasteiger partial charge on any atom is -0.465 e. The summed E-state index contributed by atoms with van der Waals surface area (Å²) in [7, 11) is 1.36. The van der Waals surface area contributed by atoms with Crippen molar-refractivity contribution in [1.29, 1.82) is 0 Å². The summed E-state index contributed by atoms with van der Waals surface area (Å²) in [6.07, 6.45) is 2.73. The lowest BCUT2D eigenvalue weighted by Crippen LogP contribution is -2.01. The molecule has 0 heterocycles. The van der Waals surface area contributed by atoms with Crippen LogP contribution < -0.4 is 0 Å². The van der Waals surface area contributed by atoms with Crippen LogP contribution >= 0.6 is 0 Å². The quantitative estimate of drug-likeness (QED) is 0.643. The highest BCUT2D eigenvalue weighted by atomic mass is 16.5. The number of benzene rings is 1. The molecule has 2 nitrogen and oxygen atoms in total. The van der Waals surface area contributed by atoms with Gasteiger partial charge in [-0.25, -0.2) is 4.79 Å². The summed E-state index contributed by atoms with van der Waals surface area (Å²) >= 11 is 0. The van der Waals surface area contributed by atoms with Crippen molar-refractivity contribution in [2.24, 2.45) is 0 Å². The van der Waals surface area contributed by atoms with Crippen LogP contribution in [0, 0.1) is 13.0 Å². The van der Waals surface area contributed by atoms with Crippen molar-refractivity contribution in [2.75, 3.05) is 7.11 Å². The summed E-state index contributed by atoms with van der Waals surface area (Å²) in [5.41, 5.74) is 2.34. The van der Waals surface area contributed by atoms with Gasteiger partial charge < -0.3 is 4.74 Å². The molecule has 0 aliphatic rings. The van der Waals surface area contributed by atoms with Gasteiger partial charge >= 0.3 is 5.97 Å². The first-order chi connectivity index (χ1) is 6.17. The maximum atomic E-state index is 11.2. The van der Waals surface area contributed by atoms with Crippen molar-refractivity contribution in [3.05, 3.63) is 47.5 Å². The third-order valence-electron chi connectivity index (χ3n) is 1.70. The maximum Gasteiger partial charge on any atom is 0.337 e. The highest BCUT2D eigenvalue weighted by molar-refractivity contribution is 5.89. The van der Waals surface area contributed by atoms with E-state index in [-0.39, 0.29) is 5.97 Å². The van der Waals surface area contributed by atoms with Gasteiger partial charge in [-0.1, -0.05) is 12.6 Å². The molecule has 1 aromatic rings. The van der Waals surface area contributed by atoms with E-state index in [4.69, 9.17) is 0 Å². The molecule has 2 heteroatoms. The molecule has 0 spiro atoms. The molecule has 0 saturated heterocycles. The van der Waals surface area contributed by atoms with Crippen molar-refractivity contribution in [3.8, 4) is 0 Å². The lowest BCUT2D eigenvalue weighted by molar-refractivity contribution is 0.0600. The van der Waals surface area contributed by atoms with Gasteiger partial charge in [0.1, 0.15) is 0 Å². The van der Waals surface area contributed by atoms with Crippen molar-refractivity contribution in [2.45, 2.75) is 6.92 Å². The predicted octanol–water partition coefficient (Wildman–Crippen LogP) is 2.12. The van der Waals surface area contributed by atoms with Crippen LogP contribution in [0.3, 0.4) is 0 Å². The summed E-state index contributed by atoms with van der Waals surface area (Å²) in [6, 6.07) is 5.37. The average molecular weight is 175 g/mol. The highest BCUT2D eigenvalue weighted by Gasteiger charge is 2.05. The summed E-state index contributed by atoms with van der Waals surface area (Å²) in [5, 5.41) is 0. The van der Waals surface area contributed by atoms with E-state index in [0.29, 0.717) is 5.56 Å². The molecule has 0 aliphatic heterocycles. The van der Waals surface area contributed by atoms with E-state index < -0.39 is 0 Å². The van der Waals surface area contributed by atoms with Crippen molar-refractivity contribution >= 4 is 5.97 Å². The zero-order valence-corrected chi connectivity index (χ0v) is 7.76. The van der Waals surface area contributed by atoms with Gasteiger partial charge in [-0.3, -0.25) is 0 Å². The Morgan fingerprint density at radius 1 is 1.46 bits per heavy atom. The van der Waals surface area contributed by atoms with Crippen LogP contribution in [0.4, 0.5) is 0 Å². The molecule has 0 amide bonds. The second-order valence-corrected chi connectivity index (χ2v) is 2.76. The Bertz CT molecular complexity index is 340. The van der Waals surface area contributed by atoms with E-state index >= 15 is 0 Å². The summed E-state index contributed by atoms with van der Waals surface area (Å²) in [4.78, 5) is 11.2. The predicted molar refractivity (Wildman–Crippen MR) is 50.5 cm³/mol. The molecular formula is C11H11O2. The molecule has 0 aromatic heterocycles. The van der Waals surface area contributed by atoms with Crippen LogP contribution in [0.2, 0.25) is 0 Å². The molecule has 0 saturated carbocycles. The minimum absolute atomic E-state index is 0.333. The number of esters is 1. The fraction of sp³-hybridized carbons (Fsp3) is 0.182. The van der Waals surface area contributed by atoms with E-state index in [1.807, 2.05) is 13.0 Å². The highest BCUT2D eigenvalue weighted by Crippen LogP contribution is 2.10. The topological polar surface area (TPSA) is 26.3 Å². The van der Waals surface area contributed by atoms with E-state index in [2.05, 4.69) is 17.4 Å². The van der Waals surface area contributed by atoms with Crippen LogP contribution in [0.25, 0.3) is 0 Å². The second kappa shape index (κ2) is 3.90. The largest absolute Gasteiger partial charge is 0.465 e. The van der Waals surface area contributed by atoms with E-state index in [0.717, 1.165) is 11.1 Å². The standard InChI is InChI=1S/C11H11O2/c1-4-9-5-8(2)6-10(7-9)11(12)13-3/h5-7H,1H2,2-3H3. The molecule has 13 heavy (non-hydrogen) atoms. The monoisotopic (exact) mass is 175 g/mol. The third kappa shape index (κ3) is 2.18. The number of carbonyl (C=O) groups excluding carboxylic acids is 1. The van der Waals surface area contributed by atoms with Crippen LogP contribution in [-0.4, -0.2) is 13.1 Å². The molecule has 67 valence electrons. The number of rotatable bonds is 2. The molecule has 1 rings (SSSR count). The lowest BCUT2D eigenvalue weighted by atomic mass is 10.1. The number of carbonyl (C=O) groups is 1. The first-order valence-electron chi connectivity index (χ1n) is 3.90. The average Bonchev–Trinajstić information content (AvgIpc) is 2.15. The number of hydrogen-bond acceptors (Lipinski definition) is 2. The molecule has 0 fully saturated rings. The van der Waals surface area contributed by atoms with Crippen LogP contribution in [0.1, 0.15) is 21.5 Å². The molecule has 0 N–H and O–H groups in total. The number of ether oxygens (including phenoxy) is 1. The van der Waals surface area contributed by atoms with Gasteiger partial charge in [-0.05, 0) is 36.3 Å². The second-order valence-electron chi connectivity index (χ2n) is 2.76. The third-order valence-corrected chi connectivity index (χ3v) is 1.70. The summed E-state index contributed by atoms with van der Waals surface area (Å²) in [6.45, 7) is 5.43. The van der Waals surface area contributed by atoms with Gasteiger partial charge in [-0.15, -0.1) is 0 Å². The Kier molecular flexibility index (Phi) is 2.85. The van der Waals surface area contributed by atoms with Crippen LogP contribution in [0.15, 0.2) is 24.8 Å². The normalized spacial score (nSPS) is 9.38. The smallest absolute Gasteiger partial charge is 0.337 e. The van der Waals surface area contributed by atoms with Crippen molar-refractivity contribution < 1.29 is 9.53 Å². The first kappa shape index (κ1) is 9.52. The molecule has 0 aliphatic carbocycles. The Hall–Kier alpha value is -1.57. The van der Waals surface area contributed by atoms with E-state index in [1.165, 1.54) is 7.11 Å². The lowest BCUT2D eigenvalue weighted by Gasteiger charge is -2.02. The van der Waals surface area contributed by atoms with Gasteiger partial charge in [0.25, 0.3) is 0 Å². The molecule has 1 radical (unpaired) electrons. The van der Waals surface area contributed by atoms with Crippen molar-refractivity contribution in [3.63, 3.8) is 0 Å². The molecule has 0 atom stereocenters. The number of methoxy groups -OCH3 is 1. The maximum absolute atomic E-state index is 11.2. The Balaban J connectivity index is 3.15. The van der Waals surface area contributed by atoms with Gasteiger partial charge in [0.05, 0.1) is 12.7 Å². The van der Waals surface area contributed by atoms with Crippen molar-refractivity contribution in [1.82, 2.24) is 0 Å². The fourth-order valence-corrected chi connectivity index (χ4v) is 1.12.